The van der Waals surface area contributed by atoms with Crippen LogP contribution < -0.4 is 11.1 Å². The lowest BCUT2D eigenvalue weighted by atomic mass is 9.66. The third-order valence-corrected chi connectivity index (χ3v) is 4.56. The molecule has 1 amide bonds. The number of piperidine rings is 1. The molecule has 0 spiro atoms. The van der Waals surface area contributed by atoms with Crippen molar-refractivity contribution in [3.63, 3.8) is 0 Å². The van der Waals surface area contributed by atoms with E-state index in [1.165, 1.54) is 24.8 Å². The summed E-state index contributed by atoms with van der Waals surface area (Å²) in [5.41, 5.74) is 7.42. The fourth-order valence-corrected chi connectivity index (χ4v) is 3.82. The number of fused-ring (bicyclic) bond motifs is 2. The lowest BCUT2D eigenvalue weighted by molar-refractivity contribution is 0.0994. The monoisotopic (exact) mass is 244 g/mol. The number of rotatable bonds is 2. The second kappa shape index (κ2) is 4.73. The Morgan fingerprint density at radius 1 is 1.17 bits per heavy atom. The molecule has 1 heterocycles. The zero-order valence-electron chi connectivity index (χ0n) is 10.6. The quantitative estimate of drug-likeness (QED) is 0.834. The second-order valence-corrected chi connectivity index (χ2v) is 5.59. The predicted octanol–water partition coefficient (Wildman–Crippen LogP) is 1.89. The first-order valence-electron chi connectivity index (χ1n) is 6.87. The van der Waals surface area contributed by atoms with Crippen molar-refractivity contribution in [1.29, 1.82) is 0 Å². The van der Waals surface area contributed by atoms with Gasteiger partial charge in [-0.05, 0) is 55.3 Å². The van der Waals surface area contributed by atoms with Crippen LogP contribution in [0.5, 0.6) is 0 Å². The molecule has 2 fully saturated rings. The van der Waals surface area contributed by atoms with Gasteiger partial charge in [0.25, 0.3) is 0 Å². The Morgan fingerprint density at radius 2 is 1.83 bits per heavy atom. The summed E-state index contributed by atoms with van der Waals surface area (Å²) in [6, 6.07) is 7.90. The maximum atomic E-state index is 11.6. The summed E-state index contributed by atoms with van der Waals surface area (Å²) in [7, 11) is 0. The van der Waals surface area contributed by atoms with Crippen LogP contribution in [0.2, 0.25) is 0 Å². The average Bonchev–Trinajstić information content (AvgIpc) is 2.37. The van der Waals surface area contributed by atoms with E-state index in [1.807, 2.05) is 18.2 Å². The van der Waals surface area contributed by atoms with Gasteiger partial charge in [0.2, 0.25) is 5.91 Å². The van der Waals surface area contributed by atoms with E-state index in [4.69, 9.17) is 5.73 Å². The van der Waals surface area contributed by atoms with Crippen molar-refractivity contribution in [3.8, 4) is 0 Å². The van der Waals surface area contributed by atoms with Crippen molar-refractivity contribution in [3.05, 3.63) is 35.4 Å². The number of carbonyl (C=O) groups is 1. The molecular formula is C15H20N2O. The van der Waals surface area contributed by atoms with E-state index in [2.05, 4.69) is 11.4 Å². The zero-order chi connectivity index (χ0) is 12.5. The van der Waals surface area contributed by atoms with Gasteiger partial charge in [-0.15, -0.1) is 0 Å². The number of nitrogens with two attached hydrogens (primary N) is 1. The molecular weight excluding hydrogens is 224 g/mol. The zero-order valence-corrected chi connectivity index (χ0v) is 10.6. The van der Waals surface area contributed by atoms with Gasteiger partial charge in [-0.25, -0.2) is 0 Å². The molecule has 1 saturated heterocycles. The van der Waals surface area contributed by atoms with Crippen molar-refractivity contribution in [1.82, 2.24) is 5.32 Å². The van der Waals surface area contributed by atoms with Crippen LogP contribution in [0.3, 0.4) is 0 Å². The van der Waals surface area contributed by atoms with Gasteiger partial charge >= 0.3 is 0 Å². The topological polar surface area (TPSA) is 55.1 Å². The van der Waals surface area contributed by atoms with E-state index < -0.39 is 0 Å². The SMILES string of the molecule is NC(=O)c1ccccc1C1C2CCCC1CNC2. The minimum Gasteiger partial charge on any atom is -0.366 e. The lowest BCUT2D eigenvalue weighted by Crippen LogP contribution is -2.45. The van der Waals surface area contributed by atoms with Gasteiger partial charge in [-0.1, -0.05) is 24.6 Å². The molecule has 3 heteroatoms. The molecule has 3 rings (SSSR count). The first-order chi connectivity index (χ1) is 8.77. The molecule has 1 aromatic rings. The summed E-state index contributed by atoms with van der Waals surface area (Å²) in [6.07, 6.45) is 3.86. The Bertz CT molecular complexity index is 436. The van der Waals surface area contributed by atoms with Crippen LogP contribution in [0.15, 0.2) is 24.3 Å². The fourth-order valence-electron chi connectivity index (χ4n) is 3.82. The normalized spacial score (nSPS) is 31.0. The highest BCUT2D eigenvalue weighted by Gasteiger charge is 2.38. The molecule has 1 saturated carbocycles. The first-order valence-corrected chi connectivity index (χ1v) is 6.87. The van der Waals surface area contributed by atoms with Crippen molar-refractivity contribution in [2.45, 2.75) is 25.2 Å². The molecule has 2 bridgehead atoms. The molecule has 2 aliphatic rings. The highest BCUT2D eigenvalue weighted by molar-refractivity contribution is 5.94. The maximum absolute atomic E-state index is 11.6. The smallest absolute Gasteiger partial charge is 0.248 e. The number of hydrogen-bond donors (Lipinski definition) is 2. The van der Waals surface area contributed by atoms with Crippen LogP contribution in [0.25, 0.3) is 0 Å². The third kappa shape index (κ3) is 1.93. The number of amides is 1. The molecule has 3 N–H and O–H groups in total. The van der Waals surface area contributed by atoms with Crippen LogP contribution in [0, 0.1) is 11.8 Å². The minimum atomic E-state index is -0.290. The number of benzene rings is 1. The highest BCUT2D eigenvalue weighted by atomic mass is 16.1. The number of nitrogens with one attached hydrogen (secondary N) is 1. The van der Waals surface area contributed by atoms with Gasteiger partial charge in [-0.3, -0.25) is 4.79 Å². The van der Waals surface area contributed by atoms with Crippen LogP contribution in [-0.2, 0) is 0 Å². The molecule has 3 nitrogen and oxygen atoms in total. The van der Waals surface area contributed by atoms with Gasteiger partial charge in [0.15, 0.2) is 0 Å². The van der Waals surface area contributed by atoms with Crippen LogP contribution in [0.4, 0.5) is 0 Å². The van der Waals surface area contributed by atoms with Gasteiger partial charge in [0.05, 0.1) is 0 Å². The summed E-state index contributed by atoms with van der Waals surface area (Å²) < 4.78 is 0. The Kier molecular flexibility index (Phi) is 3.08. The van der Waals surface area contributed by atoms with Crippen molar-refractivity contribution in [2.75, 3.05) is 13.1 Å². The second-order valence-electron chi connectivity index (χ2n) is 5.59. The molecule has 18 heavy (non-hydrogen) atoms. The molecule has 1 aliphatic heterocycles. The van der Waals surface area contributed by atoms with E-state index in [0.717, 1.165) is 18.7 Å². The third-order valence-electron chi connectivity index (χ3n) is 4.56. The summed E-state index contributed by atoms with van der Waals surface area (Å²) in [5.74, 6) is 1.56. The van der Waals surface area contributed by atoms with Crippen molar-refractivity contribution < 1.29 is 4.79 Å². The lowest BCUT2D eigenvalue weighted by Gasteiger charge is -2.43. The first kappa shape index (κ1) is 11.7. The molecule has 2 atom stereocenters. The molecule has 1 aromatic carbocycles. The van der Waals surface area contributed by atoms with Crippen molar-refractivity contribution in [2.24, 2.45) is 17.6 Å². The van der Waals surface area contributed by atoms with E-state index in [9.17, 15) is 4.79 Å². The average molecular weight is 244 g/mol. The van der Waals surface area contributed by atoms with Crippen LogP contribution in [-0.4, -0.2) is 19.0 Å². The Balaban J connectivity index is 2.01. The van der Waals surface area contributed by atoms with Crippen molar-refractivity contribution >= 4 is 5.91 Å². The Labute approximate surface area is 108 Å². The van der Waals surface area contributed by atoms with Gasteiger partial charge < -0.3 is 11.1 Å². The van der Waals surface area contributed by atoms with Gasteiger partial charge in [0.1, 0.15) is 0 Å². The predicted molar refractivity (Wildman–Crippen MR) is 71.4 cm³/mol. The van der Waals surface area contributed by atoms with Gasteiger partial charge in [-0.2, -0.15) is 0 Å². The number of primary amides is 1. The molecule has 96 valence electrons. The summed E-state index contributed by atoms with van der Waals surface area (Å²) in [5, 5.41) is 3.52. The van der Waals surface area contributed by atoms with E-state index >= 15 is 0 Å². The Morgan fingerprint density at radius 3 is 2.50 bits per heavy atom. The van der Waals surface area contributed by atoms with E-state index in [0.29, 0.717) is 17.8 Å². The molecule has 1 aliphatic carbocycles. The van der Waals surface area contributed by atoms with Gasteiger partial charge in [0, 0.05) is 5.56 Å². The summed E-state index contributed by atoms with van der Waals surface area (Å²) in [4.78, 5) is 11.6. The summed E-state index contributed by atoms with van der Waals surface area (Å²) >= 11 is 0. The highest BCUT2D eigenvalue weighted by Crippen LogP contribution is 2.44. The Hall–Kier alpha value is -1.35. The van der Waals surface area contributed by atoms with Crippen LogP contribution >= 0.6 is 0 Å². The molecule has 0 radical (unpaired) electrons. The minimum absolute atomic E-state index is 0.290. The van der Waals surface area contributed by atoms with E-state index in [-0.39, 0.29) is 5.91 Å². The van der Waals surface area contributed by atoms with Crippen LogP contribution in [0.1, 0.15) is 41.1 Å². The largest absolute Gasteiger partial charge is 0.366 e. The summed E-state index contributed by atoms with van der Waals surface area (Å²) in [6.45, 7) is 2.16. The number of carbonyl (C=O) groups excluding carboxylic acids is 1. The number of hydrogen-bond acceptors (Lipinski definition) is 2. The van der Waals surface area contributed by atoms with E-state index in [1.54, 1.807) is 0 Å². The molecule has 0 aromatic heterocycles. The maximum Gasteiger partial charge on any atom is 0.248 e. The molecule has 2 unspecified atom stereocenters. The standard InChI is InChI=1S/C15H20N2O/c16-15(18)13-7-2-1-6-12(13)14-10-4-3-5-11(14)9-17-8-10/h1-2,6-7,10-11,14,17H,3-5,8-9H2,(H2,16,18). The fraction of sp³-hybridized carbons (Fsp3) is 0.533.